The molecule has 1 N–H and O–H groups in total. The van der Waals surface area contributed by atoms with E-state index in [4.69, 9.17) is 0 Å². The van der Waals surface area contributed by atoms with Gasteiger partial charge >= 0.3 is 5.91 Å². The van der Waals surface area contributed by atoms with Crippen molar-refractivity contribution in [2.75, 3.05) is 18.1 Å². The summed E-state index contributed by atoms with van der Waals surface area (Å²) >= 11 is 1.78. The molecule has 4 nitrogen and oxygen atoms in total. The Bertz CT molecular complexity index is 817. The summed E-state index contributed by atoms with van der Waals surface area (Å²) in [4.78, 5) is 28.5. The molecular formula is C17H16FN2O2S+. The molecule has 0 spiro atoms. The van der Waals surface area contributed by atoms with Crippen molar-refractivity contribution in [3.63, 3.8) is 0 Å². The first kappa shape index (κ1) is 14.5. The number of fused-ring (bicyclic) bond motifs is 2. The number of halogens is 1. The van der Waals surface area contributed by atoms with Crippen LogP contribution in [0, 0.1) is 5.82 Å². The van der Waals surface area contributed by atoms with E-state index in [-0.39, 0.29) is 11.6 Å². The minimum atomic E-state index is -0.611. The molecule has 0 aliphatic carbocycles. The molecule has 2 aliphatic rings. The number of carbonyl (C=O) groups is 2. The first-order valence-corrected chi connectivity index (χ1v) is 8.51. The molecule has 0 fully saturated rings. The lowest BCUT2D eigenvalue weighted by Crippen LogP contribution is -3.14. The van der Waals surface area contributed by atoms with E-state index in [0.29, 0.717) is 12.4 Å². The second kappa shape index (κ2) is 5.25. The van der Waals surface area contributed by atoms with Gasteiger partial charge in [-0.1, -0.05) is 0 Å². The lowest BCUT2D eigenvalue weighted by Gasteiger charge is -2.33. The van der Waals surface area contributed by atoms with Crippen LogP contribution < -0.4 is 9.80 Å². The number of anilines is 1. The maximum atomic E-state index is 13.4. The van der Waals surface area contributed by atoms with Gasteiger partial charge in [0.1, 0.15) is 11.9 Å². The van der Waals surface area contributed by atoms with Crippen LogP contribution in [0.25, 0.3) is 0 Å². The Hall–Kier alpha value is -2.05. The monoisotopic (exact) mass is 331 g/mol. The number of carbonyl (C=O) groups excluding carboxylic acids is 2. The fourth-order valence-corrected chi connectivity index (χ4v) is 4.48. The third-order valence-corrected chi connectivity index (χ3v) is 5.82. The summed E-state index contributed by atoms with van der Waals surface area (Å²) < 4.78 is 13.4. The number of quaternary nitrogens is 1. The zero-order valence-electron chi connectivity index (χ0n) is 12.6. The van der Waals surface area contributed by atoms with Crippen molar-refractivity contribution in [2.24, 2.45) is 0 Å². The number of nitrogens with zero attached hydrogens (tertiary/aromatic N) is 1. The summed E-state index contributed by atoms with van der Waals surface area (Å²) in [5.74, 6) is -1.66. The Morgan fingerprint density at radius 2 is 2.17 bits per heavy atom. The molecule has 1 aromatic heterocycles. The van der Waals surface area contributed by atoms with Gasteiger partial charge in [-0.25, -0.2) is 4.39 Å². The zero-order chi connectivity index (χ0) is 16.1. The summed E-state index contributed by atoms with van der Waals surface area (Å²) in [5, 5.41) is 2.10. The number of hydrogen-bond acceptors (Lipinski definition) is 3. The van der Waals surface area contributed by atoms with Crippen LogP contribution in [0.15, 0.2) is 29.6 Å². The van der Waals surface area contributed by atoms with Gasteiger partial charge in [-0.3, -0.25) is 14.5 Å². The zero-order valence-corrected chi connectivity index (χ0v) is 13.5. The summed E-state index contributed by atoms with van der Waals surface area (Å²) in [7, 11) is 0. The third-order valence-electron chi connectivity index (χ3n) is 4.83. The molecule has 0 bridgehead atoms. The molecule has 0 saturated carbocycles. The first-order chi connectivity index (χ1) is 11.1. The van der Waals surface area contributed by atoms with Crippen LogP contribution in [0.2, 0.25) is 0 Å². The minimum absolute atomic E-state index is 0.176. The maximum absolute atomic E-state index is 13.4. The van der Waals surface area contributed by atoms with Gasteiger partial charge in [-0.2, -0.15) is 0 Å². The SMILES string of the molecule is C[C@@H]1c2ccsc2CC[NH+]1CN1C(=O)C(=O)c2cc(F)ccc21. The molecule has 0 radical (unpaired) electrons. The van der Waals surface area contributed by atoms with Crippen LogP contribution in [0.5, 0.6) is 0 Å². The topological polar surface area (TPSA) is 41.8 Å². The highest BCUT2D eigenvalue weighted by Crippen LogP contribution is 2.29. The standard InChI is InChI=1S/C17H15FN2O2S/c1-10-12-5-7-23-15(12)4-6-19(10)9-20-14-3-2-11(18)8-13(14)16(21)17(20)22/h2-3,5,7-8,10H,4,6,9H2,1H3/p+1/t10-/m1/s1. The van der Waals surface area contributed by atoms with Crippen molar-refractivity contribution < 1.29 is 18.9 Å². The smallest absolute Gasteiger partial charge is 0.303 e. The summed E-state index contributed by atoms with van der Waals surface area (Å²) in [5.41, 5.74) is 2.03. The first-order valence-electron chi connectivity index (χ1n) is 7.63. The Labute approximate surface area is 137 Å². The molecule has 0 saturated heterocycles. The highest BCUT2D eigenvalue weighted by atomic mass is 32.1. The predicted molar refractivity (Wildman–Crippen MR) is 85.4 cm³/mol. The van der Waals surface area contributed by atoms with E-state index in [2.05, 4.69) is 18.4 Å². The number of nitrogens with one attached hydrogen (secondary N) is 1. The molecule has 3 heterocycles. The van der Waals surface area contributed by atoms with E-state index in [1.54, 1.807) is 11.3 Å². The number of rotatable bonds is 2. The van der Waals surface area contributed by atoms with Gasteiger partial charge < -0.3 is 4.90 Å². The van der Waals surface area contributed by atoms with E-state index in [0.717, 1.165) is 19.0 Å². The average Bonchev–Trinajstić information content (AvgIpc) is 3.10. The van der Waals surface area contributed by atoms with Gasteiger partial charge in [-0.05, 0) is 36.6 Å². The van der Waals surface area contributed by atoms with E-state index in [1.807, 2.05) is 0 Å². The van der Waals surface area contributed by atoms with Crippen molar-refractivity contribution in [3.05, 3.63) is 51.5 Å². The van der Waals surface area contributed by atoms with Crippen LogP contribution in [0.3, 0.4) is 0 Å². The molecule has 1 unspecified atom stereocenters. The number of amides is 1. The second-order valence-corrected chi connectivity index (χ2v) is 7.06. The molecule has 118 valence electrons. The molecule has 4 rings (SSSR count). The molecule has 23 heavy (non-hydrogen) atoms. The molecule has 2 atom stereocenters. The summed E-state index contributed by atoms with van der Waals surface area (Å²) in [6, 6.07) is 6.39. The summed E-state index contributed by atoms with van der Waals surface area (Å²) in [6.07, 6.45) is 0.985. The van der Waals surface area contributed by atoms with E-state index in [1.165, 1.54) is 32.4 Å². The number of hydrogen-bond donors (Lipinski definition) is 1. The van der Waals surface area contributed by atoms with Crippen molar-refractivity contribution in [2.45, 2.75) is 19.4 Å². The highest BCUT2D eigenvalue weighted by molar-refractivity contribution is 7.10. The van der Waals surface area contributed by atoms with Crippen molar-refractivity contribution in [1.29, 1.82) is 0 Å². The fourth-order valence-electron chi connectivity index (χ4n) is 3.50. The Morgan fingerprint density at radius 1 is 1.35 bits per heavy atom. The van der Waals surface area contributed by atoms with Crippen molar-refractivity contribution >= 4 is 28.7 Å². The second-order valence-electron chi connectivity index (χ2n) is 6.06. The Kier molecular flexibility index (Phi) is 3.32. The van der Waals surface area contributed by atoms with Gasteiger partial charge in [-0.15, -0.1) is 11.3 Å². The maximum Gasteiger partial charge on any atom is 0.303 e. The third kappa shape index (κ3) is 2.21. The van der Waals surface area contributed by atoms with Crippen LogP contribution in [-0.2, 0) is 11.2 Å². The minimum Gasteiger partial charge on any atom is -0.311 e. The van der Waals surface area contributed by atoms with Crippen LogP contribution >= 0.6 is 11.3 Å². The normalized spacial score (nSPS) is 23.1. The molecule has 6 heteroatoms. The average molecular weight is 331 g/mol. The predicted octanol–water partition coefficient (Wildman–Crippen LogP) is 1.58. The largest absolute Gasteiger partial charge is 0.311 e. The van der Waals surface area contributed by atoms with Gasteiger partial charge in [0.25, 0.3) is 5.78 Å². The van der Waals surface area contributed by atoms with Crippen LogP contribution in [-0.4, -0.2) is 24.9 Å². The lowest BCUT2D eigenvalue weighted by molar-refractivity contribution is -0.930. The van der Waals surface area contributed by atoms with Gasteiger partial charge in [0.2, 0.25) is 0 Å². The molecule has 2 aliphatic heterocycles. The highest BCUT2D eigenvalue weighted by Gasteiger charge is 2.40. The van der Waals surface area contributed by atoms with Crippen molar-refractivity contribution in [1.82, 2.24) is 0 Å². The van der Waals surface area contributed by atoms with E-state index in [9.17, 15) is 14.0 Å². The van der Waals surface area contributed by atoms with Crippen LogP contribution in [0.4, 0.5) is 10.1 Å². The number of benzene rings is 1. The number of Topliss-reactive ketones (excluding diaryl/α,β-unsaturated/α-hetero) is 1. The molecule has 1 amide bonds. The van der Waals surface area contributed by atoms with Gasteiger partial charge in [0.15, 0.2) is 6.67 Å². The van der Waals surface area contributed by atoms with Gasteiger partial charge in [0, 0.05) is 16.9 Å². The summed E-state index contributed by atoms with van der Waals surface area (Å²) in [6.45, 7) is 3.50. The molecule has 1 aromatic carbocycles. The quantitative estimate of drug-likeness (QED) is 0.849. The molecular weight excluding hydrogens is 315 g/mol. The fraction of sp³-hybridized carbons (Fsp3) is 0.294. The Morgan fingerprint density at radius 3 is 3.00 bits per heavy atom. The molecule has 2 aromatic rings. The Balaban J connectivity index is 1.63. The van der Waals surface area contributed by atoms with E-state index < -0.39 is 17.5 Å². The van der Waals surface area contributed by atoms with Crippen molar-refractivity contribution in [3.8, 4) is 0 Å². The number of thiophene rings is 1. The van der Waals surface area contributed by atoms with E-state index >= 15 is 0 Å². The van der Waals surface area contributed by atoms with Gasteiger partial charge in [0.05, 0.1) is 17.8 Å². The lowest BCUT2D eigenvalue weighted by atomic mass is 10.0. The van der Waals surface area contributed by atoms with Crippen LogP contribution in [0.1, 0.15) is 33.8 Å². The number of ketones is 1.